The van der Waals surface area contributed by atoms with Crippen molar-refractivity contribution in [2.45, 2.75) is 63.8 Å². The van der Waals surface area contributed by atoms with Crippen molar-refractivity contribution in [2.75, 3.05) is 34.0 Å². The molecule has 1 aromatic rings. The Labute approximate surface area is 184 Å². The van der Waals surface area contributed by atoms with Crippen LogP contribution in [0.5, 0.6) is 5.75 Å². The molecule has 2 atom stereocenters. The van der Waals surface area contributed by atoms with Crippen molar-refractivity contribution in [3.63, 3.8) is 0 Å². The summed E-state index contributed by atoms with van der Waals surface area (Å²) in [7, 11) is 2.96. The molecule has 1 saturated carbocycles. The van der Waals surface area contributed by atoms with Crippen molar-refractivity contribution >= 4 is 12.0 Å². The lowest BCUT2D eigenvalue weighted by atomic mass is 10.0. The van der Waals surface area contributed by atoms with Crippen molar-refractivity contribution in [2.24, 2.45) is 0 Å². The Morgan fingerprint density at radius 2 is 2.03 bits per heavy atom. The first-order valence-electron chi connectivity index (χ1n) is 11.0. The Morgan fingerprint density at radius 3 is 2.68 bits per heavy atom. The number of carbonyl (C=O) groups is 2. The van der Waals surface area contributed by atoms with Crippen LogP contribution in [0.1, 0.15) is 56.2 Å². The topological polar surface area (TPSA) is 86.3 Å². The van der Waals surface area contributed by atoms with Crippen molar-refractivity contribution in [1.82, 2.24) is 10.2 Å². The molecule has 8 nitrogen and oxygen atoms in total. The molecule has 8 heteroatoms. The second-order valence-corrected chi connectivity index (χ2v) is 8.07. The lowest BCUT2D eigenvalue weighted by molar-refractivity contribution is -0.149. The molecule has 0 unspecified atom stereocenters. The van der Waals surface area contributed by atoms with Crippen LogP contribution < -0.4 is 10.1 Å². The standard InChI is InChI=1S/C23H34N2O6/c1-16(25(19-9-10-19)22(26)20-6-4-5-12-30-20)17-7-8-18(15-28-2)21(14-17)31-13-11-24-23(27)29-3/h7-8,14,16,19-20H,4-6,9-13,15H2,1-3H3,(H,24,27)/t16-,20-/m1/s1. The second kappa shape index (κ2) is 11.3. The number of hydrogen-bond donors (Lipinski definition) is 1. The Hall–Kier alpha value is -2.32. The predicted molar refractivity (Wildman–Crippen MR) is 115 cm³/mol. The first-order chi connectivity index (χ1) is 15.0. The number of benzene rings is 1. The van der Waals surface area contributed by atoms with Gasteiger partial charge in [0.2, 0.25) is 0 Å². The van der Waals surface area contributed by atoms with Crippen molar-refractivity contribution in [3.05, 3.63) is 29.3 Å². The molecule has 1 aliphatic heterocycles. The average molecular weight is 435 g/mol. The van der Waals surface area contributed by atoms with Gasteiger partial charge in [-0.05, 0) is 50.7 Å². The Bertz CT molecular complexity index is 746. The summed E-state index contributed by atoms with van der Waals surface area (Å²) in [5, 5.41) is 2.60. The van der Waals surface area contributed by atoms with E-state index in [1.54, 1.807) is 7.11 Å². The number of nitrogens with zero attached hydrogens (tertiary/aromatic N) is 1. The second-order valence-electron chi connectivity index (χ2n) is 8.07. The number of alkyl carbamates (subject to hydrolysis) is 1. The zero-order chi connectivity index (χ0) is 22.2. The predicted octanol–water partition coefficient (Wildman–Crippen LogP) is 3.19. The largest absolute Gasteiger partial charge is 0.491 e. The van der Waals surface area contributed by atoms with E-state index in [-0.39, 0.29) is 24.1 Å². The highest BCUT2D eigenvalue weighted by Gasteiger charge is 2.40. The SMILES string of the molecule is COCc1ccc([C@@H](C)N(C(=O)[C@H]2CCCCO2)C2CC2)cc1OCCNC(=O)OC. The van der Waals surface area contributed by atoms with E-state index in [0.29, 0.717) is 32.1 Å². The first-order valence-corrected chi connectivity index (χ1v) is 11.0. The van der Waals surface area contributed by atoms with E-state index >= 15 is 0 Å². The lowest BCUT2D eigenvalue weighted by Gasteiger charge is -2.34. The third-order valence-corrected chi connectivity index (χ3v) is 5.75. The quantitative estimate of drug-likeness (QED) is 0.569. The summed E-state index contributed by atoms with van der Waals surface area (Å²) >= 11 is 0. The fourth-order valence-electron chi connectivity index (χ4n) is 3.93. The van der Waals surface area contributed by atoms with Crippen LogP contribution in [-0.4, -0.2) is 63.0 Å². The summed E-state index contributed by atoms with van der Waals surface area (Å²) in [5.41, 5.74) is 1.92. The molecule has 1 aromatic carbocycles. The van der Waals surface area contributed by atoms with E-state index in [0.717, 1.165) is 43.2 Å². The molecule has 2 fully saturated rings. The number of rotatable bonds is 10. The molecule has 1 N–H and O–H groups in total. The van der Waals surface area contributed by atoms with Gasteiger partial charge < -0.3 is 29.2 Å². The minimum Gasteiger partial charge on any atom is -0.491 e. The number of methoxy groups -OCH3 is 2. The van der Waals surface area contributed by atoms with E-state index in [4.69, 9.17) is 14.2 Å². The number of amides is 2. The Morgan fingerprint density at radius 1 is 1.23 bits per heavy atom. The maximum absolute atomic E-state index is 13.2. The molecule has 0 bridgehead atoms. The maximum Gasteiger partial charge on any atom is 0.406 e. The zero-order valence-electron chi connectivity index (χ0n) is 18.7. The van der Waals surface area contributed by atoms with Crippen LogP contribution in [0.25, 0.3) is 0 Å². The molecule has 0 spiro atoms. The van der Waals surface area contributed by atoms with Gasteiger partial charge in [0.05, 0.1) is 26.3 Å². The van der Waals surface area contributed by atoms with Gasteiger partial charge >= 0.3 is 6.09 Å². The third-order valence-electron chi connectivity index (χ3n) is 5.75. The molecule has 1 heterocycles. The number of hydrogen-bond acceptors (Lipinski definition) is 6. The van der Waals surface area contributed by atoms with Gasteiger partial charge in [-0.25, -0.2) is 4.79 Å². The number of carbonyl (C=O) groups excluding carboxylic acids is 2. The molecule has 172 valence electrons. The van der Waals surface area contributed by atoms with Crippen LogP contribution in [0.2, 0.25) is 0 Å². The molecule has 1 saturated heterocycles. The van der Waals surface area contributed by atoms with Crippen LogP contribution in [-0.2, 0) is 25.6 Å². The first kappa shape index (κ1) is 23.3. The van der Waals surface area contributed by atoms with E-state index in [1.165, 1.54) is 7.11 Å². The normalized spacial score (nSPS) is 19.4. The van der Waals surface area contributed by atoms with Crippen molar-refractivity contribution in [1.29, 1.82) is 0 Å². The van der Waals surface area contributed by atoms with Crippen LogP contribution in [0.3, 0.4) is 0 Å². The fourth-order valence-corrected chi connectivity index (χ4v) is 3.93. The van der Waals surface area contributed by atoms with E-state index in [2.05, 4.69) is 17.0 Å². The minimum atomic E-state index is -0.494. The van der Waals surface area contributed by atoms with Crippen LogP contribution >= 0.6 is 0 Å². The van der Waals surface area contributed by atoms with Gasteiger partial charge in [0.1, 0.15) is 18.5 Å². The molecular weight excluding hydrogens is 400 g/mol. The zero-order valence-corrected chi connectivity index (χ0v) is 18.7. The summed E-state index contributed by atoms with van der Waals surface area (Å²) < 4.78 is 21.6. The van der Waals surface area contributed by atoms with Crippen molar-refractivity contribution < 1.29 is 28.5 Å². The summed E-state index contributed by atoms with van der Waals surface area (Å²) in [6, 6.07) is 6.17. The molecule has 0 aromatic heterocycles. The summed E-state index contributed by atoms with van der Waals surface area (Å²) in [5.74, 6) is 0.787. The van der Waals surface area contributed by atoms with Gasteiger partial charge in [-0.3, -0.25) is 4.79 Å². The minimum absolute atomic E-state index is 0.0855. The van der Waals surface area contributed by atoms with E-state index in [1.807, 2.05) is 23.1 Å². The molecule has 2 amide bonds. The fraction of sp³-hybridized carbons (Fsp3) is 0.652. The van der Waals surface area contributed by atoms with Gasteiger partial charge in [0.15, 0.2) is 0 Å². The highest BCUT2D eigenvalue weighted by molar-refractivity contribution is 5.82. The Kier molecular flexibility index (Phi) is 8.54. The maximum atomic E-state index is 13.2. The molecule has 2 aliphatic rings. The van der Waals surface area contributed by atoms with Crippen LogP contribution in [0.4, 0.5) is 4.79 Å². The third kappa shape index (κ3) is 6.33. The van der Waals surface area contributed by atoms with E-state index < -0.39 is 6.09 Å². The van der Waals surface area contributed by atoms with Gasteiger partial charge in [-0.1, -0.05) is 12.1 Å². The molecule has 0 radical (unpaired) electrons. The molecule has 31 heavy (non-hydrogen) atoms. The monoisotopic (exact) mass is 434 g/mol. The van der Waals surface area contributed by atoms with Crippen LogP contribution in [0, 0.1) is 0 Å². The number of nitrogens with one attached hydrogen (secondary N) is 1. The number of ether oxygens (including phenoxy) is 4. The summed E-state index contributed by atoms with van der Waals surface area (Å²) in [4.78, 5) is 26.5. The highest BCUT2D eigenvalue weighted by atomic mass is 16.5. The summed E-state index contributed by atoms with van der Waals surface area (Å²) in [6.45, 7) is 3.75. The lowest BCUT2D eigenvalue weighted by Crippen LogP contribution is -2.44. The Balaban J connectivity index is 1.72. The average Bonchev–Trinajstić information content (AvgIpc) is 3.63. The smallest absolute Gasteiger partial charge is 0.406 e. The van der Waals surface area contributed by atoms with Gasteiger partial charge in [0, 0.05) is 25.3 Å². The molecule has 3 rings (SSSR count). The van der Waals surface area contributed by atoms with Gasteiger partial charge in [-0.2, -0.15) is 0 Å². The molecular formula is C23H34N2O6. The molecule has 1 aliphatic carbocycles. The van der Waals surface area contributed by atoms with Crippen molar-refractivity contribution in [3.8, 4) is 5.75 Å². The van der Waals surface area contributed by atoms with E-state index in [9.17, 15) is 9.59 Å². The summed E-state index contributed by atoms with van der Waals surface area (Å²) in [6.07, 6.45) is 4.10. The van der Waals surface area contributed by atoms with Crippen LogP contribution in [0.15, 0.2) is 18.2 Å². The highest BCUT2D eigenvalue weighted by Crippen LogP contribution is 2.37. The van der Waals surface area contributed by atoms with Gasteiger partial charge in [0.25, 0.3) is 5.91 Å². The van der Waals surface area contributed by atoms with Gasteiger partial charge in [-0.15, -0.1) is 0 Å².